The van der Waals surface area contributed by atoms with E-state index in [9.17, 15) is 8.42 Å². The average Bonchev–Trinajstić information content (AvgIpc) is 2.72. The Morgan fingerprint density at radius 1 is 1.00 bits per heavy atom. The fourth-order valence-corrected chi connectivity index (χ4v) is 3.57. The zero-order valence-electron chi connectivity index (χ0n) is 17.6. The van der Waals surface area contributed by atoms with Gasteiger partial charge in [0.15, 0.2) is 15.8 Å². The first-order valence-electron chi connectivity index (χ1n) is 10.0. The SMILES string of the molecule is CCNC(=NCc1ccc(S(C)(=O)=O)cc1)NCCCN(CC)c1ccccc1. The molecule has 0 amide bonds. The summed E-state index contributed by atoms with van der Waals surface area (Å²) in [6.07, 6.45) is 2.21. The van der Waals surface area contributed by atoms with Crippen LogP contribution in [0.4, 0.5) is 5.69 Å². The molecule has 0 aromatic heterocycles. The molecule has 0 aliphatic heterocycles. The number of hydrogen-bond donors (Lipinski definition) is 2. The topological polar surface area (TPSA) is 73.8 Å². The maximum Gasteiger partial charge on any atom is 0.191 e. The van der Waals surface area contributed by atoms with Gasteiger partial charge in [-0.1, -0.05) is 30.3 Å². The van der Waals surface area contributed by atoms with E-state index in [0.717, 1.165) is 44.1 Å². The van der Waals surface area contributed by atoms with E-state index in [0.29, 0.717) is 11.4 Å². The standard InChI is InChI=1S/C22H32N4O2S/c1-4-23-22(25-18-19-12-14-21(15-13-19)29(3,27)28)24-16-9-17-26(5-2)20-10-7-6-8-11-20/h6-8,10-15H,4-5,9,16-18H2,1-3H3,(H2,23,24,25). The number of nitrogens with one attached hydrogen (secondary N) is 2. The van der Waals surface area contributed by atoms with Gasteiger partial charge in [0.05, 0.1) is 11.4 Å². The Labute approximate surface area is 175 Å². The third-order valence-electron chi connectivity index (χ3n) is 4.52. The molecule has 2 aromatic rings. The summed E-state index contributed by atoms with van der Waals surface area (Å²) < 4.78 is 23.1. The van der Waals surface area contributed by atoms with Gasteiger partial charge in [0, 0.05) is 38.1 Å². The largest absolute Gasteiger partial charge is 0.372 e. The van der Waals surface area contributed by atoms with E-state index in [-0.39, 0.29) is 0 Å². The van der Waals surface area contributed by atoms with Crippen LogP contribution in [0.15, 0.2) is 64.5 Å². The van der Waals surface area contributed by atoms with Crippen LogP contribution in [-0.4, -0.2) is 46.8 Å². The van der Waals surface area contributed by atoms with Gasteiger partial charge in [0.2, 0.25) is 0 Å². The van der Waals surface area contributed by atoms with Gasteiger partial charge in [0.25, 0.3) is 0 Å². The summed E-state index contributed by atoms with van der Waals surface area (Å²) >= 11 is 0. The second-order valence-corrected chi connectivity index (χ2v) is 8.82. The van der Waals surface area contributed by atoms with Crippen LogP contribution in [0.1, 0.15) is 25.8 Å². The van der Waals surface area contributed by atoms with Crippen molar-refractivity contribution in [2.24, 2.45) is 4.99 Å². The number of sulfone groups is 1. The Morgan fingerprint density at radius 2 is 1.69 bits per heavy atom. The van der Waals surface area contributed by atoms with Gasteiger partial charge >= 0.3 is 0 Å². The predicted molar refractivity (Wildman–Crippen MR) is 121 cm³/mol. The Morgan fingerprint density at radius 3 is 2.28 bits per heavy atom. The third kappa shape index (κ3) is 7.77. The Balaban J connectivity index is 1.85. The van der Waals surface area contributed by atoms with E-state index in [1.54, 1.807) is 12.1 Å². The average molecular weight is 417 g/mol. The third-order valence-corrected chi connectivity index (χ3v) is 5.64. The van der Waals surface area contributed by atoms with Crippen molar-refractivity contribution in [3.8, 4) is 0 Å². The fraction of sp³-hybridized carbons (Fsp3) is 0.409. The molecule has 158 valence electrons. The van der Waals surface area contributed by atoms with E-state index in [1.807, 2.05) is 25.1 Å². The molecule has 0 aliphatic rings. The van der Waals surface area contributed by atoms with Crippen LogP contribution in [0.5, 0.6) is 0 Å². The lowest BCUT2D eigenvalue weighted by Gasteiger charge is -2.23. The van der Waals surface area contributed by atoms with Crippen molar-refractivity contribution >= 4 is 21.5 Å². The monoisotopic (exact) mass is 416 g/mol. The molecule has 7 heteroatoms. The molecule has 29 heavy (non-hydrogen) atoms. The summed E-state index contributed by atoms with van der Waals surface area (Å²) in [5, 5.41) is 6.63. The minimum Gasteiger partial charge on any atom is -0.372 e. The molecule has 0 bridgehead atoms. The number of rotatable bonds is 10. The zero-order chi connectivity index (χ0) is 21.1. The highest BCUT2D eigenvalue weighted by molar-refractivity contribution is 7.90. The molecule has 2 aromatic carbocycles. The normalized spacial score (nSPS) is 11.9. The zero-order valence-corrected chi connectivity index (χ0v) is 18.4. The van der Waals surface area contributed by atoms with Crippen LogP contribution < -0.4 is 15.5 Å². The van der Waals surface area contributed by atoms with Gasteiger partial charge in [-0.25, -0.2) is 13.4 Å². The van der Waals surface area contributed by atoms with Crippen molar-refractivity contribution in [1.29, 1.82) is 0 Å². The van der Waals surface area contributed by atoms with Crippen molar-refractivity contribution in [2.75, 3.05) is 37.3 Å². The second-order valence-electron chi connectivity index (χ2n) is 6.81. The van der Waals surface area contributed by atoms with Crippen LogP contribution in [0, 0.1) is 0 Å². The highest BCUT2D eigenvalue weighted by Crippen LogP contribution is 2.13. The molecule has 0 atom stereocenters. The van der Waals surface area contributed by atoms with E-state index in [2.05, 4.69) is 51.7 Å². The number of guanidine groups is 1. The van der Waals surface area contributed by atoms with Crippen LogP contribution in [0.25, 0.3) is 0 Å². The smallest absolute Gasteiger partial charge is 0.191 e. The molecule has 0 aliphatic carbocycles. The van der Waals surface area contributed by atoms with Gasteiger partial charge in [-0.15, -0.1) is 0 Å². The summed E-state index contributed by atoms with van der Waals surface area (Å²) in [7, 11) is -3.17. The molecular weight excluding hydrogens is 384 g/mol. The molecule has 0 saturated carbocycles. The Bertz CT molecular complexity index is 865. The fourth-order valence-electron chi connectivity index (χ4n) is 2.94. The van der Waals surface area contributed by atoms with Crippen molar-refractivity contribution < 1.29 is 8.42 Å². The second kappa shape index (κ2) is 11.5. The number of hydrogen-bond acceptors (Lipinski definition) is 4. The summed E-state index contributed by atoms with van der Waals surface area (Å²) in [6.45, 7) is 8.24. The van der Waals surface area contributed by atoms with Gasteiger partial charge in [-0.05, 0) is 50.1 Å². The minimum absolute atomic E-state index is 0.328. The summed E-state index contributed by atoms with van der Waals surface area (Å²) in [6, 6.07) is 17.3. The lowest BCUT2D eigenvalue weighted by Crippen LogP contribution is -2.38. The Hall–Kier alpha value is -2.54. The minimum atomic E-state index is -3.17. The van der Waals surface area contributed by atoms with Crippen LogP contribution in [0.3, 0.4) is 0 Å². The Kier molecular flexibility index (Phi) is 8.99. The van der Waals surface area contributed by atoms with Crippen LogP contribution in [-0.2, 0) is 16.4 Å². The maximum atomic E-state index is 11.6. The molecule has 0 radical (unpaired) electrons. The molecule has 2 N–H and O–H groups in total. The number of anilines is 1. The molecule has 2 rings (SSSR count). The van der Waals surface area contributed by atoms with E-state index in [1.165, 1.54) is 11.9 Å². The molecule has 0 heterocycles. The first-order valence-corrected chi connectivity index (χ1v) is 11.9. The maximum absolute atomic E-state index is 11.6. The quantitative estimate of drug-likeness (QED) is 0.354. The van der Waals surface area contributed by atoms with E-state index in [4.69, 9.17) is 0 Å². The van der Waals surface area contributed by atoms with Crippen molar-refractivity contribution in [2.45, 2.75) is 31.7 Å². The number of para-hydroxylation sites is 1. The van der Waals surface area contributed by atoms with Crippen LogP contribution in [0.2, 0.25) is 0 Å². The molecule has 0 fully saturated rings. The first-order chi connectivity index (χ1) is 13.9. The lowest BCUT2D eigenvalue weighted by atomic mass is 10.2. The van der Waals surface area contributed by atoms with Gasteiger partial charge in [0.1, 0.15) is 0 Å². The predicted octanol–water partition coefficient (Wildman–Crippen LogP) is 3.06. The number of benzene rings is 2. The molecule has 0 spiro atoms. The lowest BCUT2D eigenvalue weighted by molar-refractivity contribution is 0.602. The van der Waals surface area contributed by atoms with E-state index >= 15 is 0 Å². The molecule has 6 nitrogen and oxygen atoms in total. The number of aliphatic imine (C=N–C) groups is 1. The van der Waals surface area contributed by atoms with E-state index < -0.39 is 9.84 Å². The summed E-state index contributed by atoms with van der Waals surface area (Å²) in [5.41, 5.74) is 2.21. The van der Waals surface area contributed by atoms with Crippen LogP contribution >= 0.6 is 0 Å². The number of nitrogens with zero attached hydrogens (tertiary/aromatic N) is 2. The molecule has 0 saturated heterocycles. The van der Waals surface area contributed by atoms with Gasteiger partial charge < -0.3 is 15.5 Å². The highest BCUT2D eigenvalue weighted by Gasteiger charge is 2.06. The highest BCUT2D eigenvalue weighted by atomic mass is 32.2. The van der Waals surface area contributed by atoms with Gasteiger partial charge in [-0.3, -0.25) is 0 Å². The van der Waals surface area contributed by atoms with Crippen molar-refractivity contribution in [3.63, 3.8) is 0 Å². The first kappa shape index (κ1) is 22.7. The van der Waals surface area contributed by atoms with Crippen molar-refractivity contribution in [3.05, 3.63) is 60.2 Å². The van der Waals surface area contributed by atoms with Crippen molar-refractivity contribution in [1.82, 2.24) is 10.6 Å². The van der Waals surface area contributed by atoms with Gasteiger partial charge in [-0.2, -0.15) is 0 Å². The summed E-state index contributed by atoms with van der Waals surface area (Å²) in [4.78, 5) is 7.29. The molecular formula is C22H32N4O2S. The molecule has 0 unspecified atom stereocenters. The summed E-state index contributed by atoms with van der Waals surface area (Å²) in [5.74, 6) is 0.766.